The molecule has 2 saturated heterocycles. The van der Waals surface area contributed by atoms with Gasteiger partial charge in [-0.25, -0.2) is 0 Å². The number of aliphatic hydroxyl groups excluding tert-OH is 3. The molecule has 0 aromatic rings. The van der Waals surface area contributed by atoms with E-state index in [1.165, 1.54) is 11.8 Å². The number of amides is 1. The van der Waals surface area contributed by atoms with Crippen molar-refractivity contribution in [3.05, 3.63) is 12.2 Å². The minimum atomic E-state index is -1.39. The smallest absolute Gasteiger partial charge is 0.240 e. The van der Waals surface area contributed by atoms with Crippen molar-refractivity contribution in [2.75, 3.05) is 19.4 Å². The molecule has 10 atom stereocenters. The average molecular weight is 437 g/mol. The maximum absolute atomic E-state index is 13.0. The van der Waals surface area contributed by atoms with Crippen molar-refractivity contribution < 1.29 is 29.6 Å². The Kier molecular flexibility index (Phi) is 7.66. The van der Waals surface area contributed by atoms with Gasteiger partial charge in [0.25, 0.3) is 0 Å². The molecule has 1 amide bonds. The third kappa shape index (κ3) is 4.52. The van der Waals surface area contributed by atoms with E-state index in [1.54, 1.807) is 13.2 Å². The lowest BCUT2D eigenvalue weighted by Crippen LogP contribution is -2.65. The van der Waals surface area contributed by atoms with Gasteiger partial charge in [0.05, 0.1) is 24.1 Å². The Morgan fingerprint density at radius 1 is 1.29 bits per heavy atom. The molecule has 0 aromatic carbocycles. The molecule has 160 valence electrons. The summed E-state index contributed by atoms with van der Waals surface area (Å²) in [5.74, 6) is -0.0697. The van der Waals surface area contributed by atoms with Crippen LogP contribution in [0.25, 0.3) is 0 Å². The van der Waals surface area contributed by atoms with Crippen LogP contribution in [-0.4, -0.2) is 94.1 Å². The Morgan fingerprint density at radius 3 is 2.71 bits per heavy atom. The van der Waals surface area contributed by atoms with Crippen LogP contribution >= 0.6 is 23.4 Å². The number of rotatable bonds is 5. The number of carbonyl (C=O) groups is 1. The molecule has 0 bridgehead atoms. The van der Waals surface area contributed by atoms with Gasteiger partial charge in [-0.3, -0.25) is 4.79 Å². The molecule has 2 unspecified atom stereocenters. The van der Waals surface area contributed by atoms with Crippen LogP contribution in [-0.2, 0) is 14.3 Å². The van der Waals surface area contributed by atoms with E-state index >= 15 is 0 Å². The standard InChI is InChI=1S/C18H29ClN2O6S/c1-8(19)10(16-13(23)12(22)14(24)18(27-16)28-2)21-17(25)11-15-9(7-20-11)5-3-4-6-26-15/h3-4,8-16,18,20,22-24H,5-7H2,1-2H3,(H,21,25)/t8-,9-,10+,11-,12+,13?,14+,15-,16+,18?/m0/s1. The lowest BCUT2D eigenvalue weighted by atomic mass is 9.92. The molecule has 0 aromatic heterocycles. The average Bonchev–Trinajstić information content (AvgIpc) is 2.93. The summed E-state index contributed by atoms with van der Waals surface area (Å²) in [6, 6.07) is -1.29. The van der Waals surface area contributed by atoms with Crippen LogP contribution in [0.2, 0.25) is 0 Å². The highest BCUT2D eigenvalue weighted by Gasteiger charge is 2.49. The highest BCUT2D eigenvalue weighted by molar-refractivity contribution is 7.99. The number of thioether (sulfide) groups is 1. The van der Waals surface area contributed by atoms with Crippen LogP contribution in [0.5, 0.6) is 0 Å². The summed E-state index contributed by atoms with van der Waals surface area (Å²) in [5, 5.41) is 36.2. The third-order valence-corrected chi connectivity index (χ3v) is 6.79. The molecule has 3 aliphatic rings. The zero-order valence-electron chi connectivity index (χ0n) is 15.9. The van der Waals surface area contributed by atoms with Gasteiger partial charge in [0.2, 0.25) is 5.91 Å². The zero-order valence-corrected chi connectivity index (χ0v) is 17.5. The fraction of sp³-hybridized carbons (Fsp3) is 0.833. The van der Waals surface area contributed by atoms with E-state index < -0.39 is 47.3 Å². The van der Waals surface area contributed by atoms with Crippen LogP contribution in [0.4, 0.5) is 0 Å². The molecule has 0 aliphatic carbocycles. The maximum Gasteiger partial charge on any atom is 0.240 e. The number of hydrogen-bond acceptors (Lipinski definition) is 8. The maximum atomic E-state index is 13.0. The van der Waals surface area contributed by atoms with Crippen molar-refractivity contribution in [1.82, 2.24) is 10.6 Å². The molecule has 28 heavy (non-hydrogen) atoms. The predicted molar refractivity (Wildman–Crippen MR) is 106 cm³/mol. The molecule has 2 fully saturated rings. The summed E-state index contributed by atoms with van der Waals surface area (Å²) < 4.78 is 11.6. The quantitative estimate of drug-likeness (QED) is 0.281. The minimum absolute atomic E-state index is 0.218. The molecule has 10 heteroatoms. The van der Waals surface area contributed by atoms with Crippen molar-refractivity contribution in [3.63, 3.8) is 0 Å². The van der Waals surface area contributed by atoms with E-state index in [4.69, 9.17) is 21.1 Å². The summed E-state index contributed by atoms with van der Waals surface area (Å²) in [4.78, 5) is 13.0. The van der Waals surface area contributed by atoms with Crippen LogP contribution < -0.4 is 10.6 Å². The number of aliphatic hydroxyl groups is 3. The number of hydrogen-bond donors (Lipinski definition) is 5. The number of allylic oxidation sites excluding steroid dienone is 1. The van der Waals surface area contributed by atoms with Crippen molar-refractivity contribution >= 4 is 29.3 Å². The van der Waals surface area contributed by atoms with Gasteiger partial charge in [-0.15, -0.1) is 23.4 Å². The van der Waals surface area contributed by atoms with Gasteiger partial charge in [-0.05, 0) is 19.6 Å². The normalized spacial score (nSPS) is 43.1. The highest BCUT2D eigenvalue weighted by Crippen LogP contribution is 2.31. The van der Waals surface area contributed by atoms with E-state index in [0.29, 0.717) is 13.2 Å². The van der Waals surface area contributed by atoms with Gasteiger partial charge in [-0.2, -0.15) is 0 Å². The van der Waals surface area contributed by atoms with E-state index in [0.717, 1.165) is 6.42 Å². The highest BCUT2D eigenvalue weighted by atomic mass is 35.5. The summed E-state index contributed by atoms with van der Waals surface area (Å²) in [6.07, 6.45) is 1.39. The van der Waals surface area contributed by atoms with Crippen molar-refractivity contribution in [2.45, 2.75) is 66.8 Å². The second-order valence-corrected chi connectivity index (χ2v) is 9.16. The Bertz CT molecular complexity index is 580. The van der Waals surface area contributed by atoms with Crippen molar-refractivity contribution in [1.29, 1.82) is 0 Å². The third-order valence-electron chi connectivity index (χ3n) is 5.66. The van der Waals surface area contributed by atoms with Crippen LogP contribution in [0.3, 0.4) is 0 Å². The molecular weight excluding hydrogens is 408 g/mol. The van der Waals surface area contributed by atoms with Crippen molar-refractivity contribution in [3.8, 4) is 0 Å². The number of halogens is 1. The van der Waals surface area contributed by atoms with Crippen LogP contribution in [0.15, 0.2) is 12.2 Å². The molecule has 8 nitrogen and oxygen atoms in total. The summed E-state index contributed by atoms with van der Waals surface area (Å²) in [5.41, 5.74) is -0.733. The summed E-state index contributed by atoms with van der Waals surface area (Å²) in [6.45, 7) is 2.83. The Labute approximate surface area is 174 Å². The first kappa shape index (κ1) is 22.3. The number of nitrogens with one attached hydrogen (secondary N) is 2. The van der Waals surface area contributed by atoms with Gasteiger partial charge in [-0.1, -0.05) is 12.2 Å². The Balaban J connectivity index is 1.71. The predicted octanol–water partition coefficient (Wildman–Crippen LogP) is -0.798. The fourth-order valence-electron chi connectivity index (χ4n) is 4.06. The Morgan fingerprint density at radius 2 is 2.04 bits per heavy atom. The van der Waals surface area contributed by atoms with Crippen LogP contribution in [0, 0.1) is 5.92 Å². The van der Waals surface area contributed by atoms with E-state index in [1.807, 2.05) is 6.08 Å². The van der Waals surface area contributed by atoms with Gasteiger partial charge in [0.15, 0.2) is 0 Å². The first-order valence-corrected chi connectivity index (χ1v) is 11.2. The molecular formula is C18H29ClN2O6S. The number of carbonyl (C=O) groups excluding carboxylic acids is 1. The first-order valence-electron chi connectivity index (χ1n) is 9.52. The number of fused-ring (bicyclic) bond motifs is 1. The molecule has 3 rings (SSSR count). The van der Waals surface area contributed by atoms with Crippen LogP contribution in [0.1, 0.15) is 13.3 Å². The van der Waals surface area contributed by atoms with Gasteiger partial charge in [0.1, 0.15) is 35.9 Å². The first-order chi connectivity index (χ1) is 13.3. The molecule has 0 radical (unpaired) electrons. The largest absolute Gasteiger partial charge is 0.388 e. The van der Waals surface area contributed by atoms with E-state index in [-0.39, 0.29) is 17.9 Å². The molecule has 3 aliphatic heterocycles. The lowest BCUT2D eigenvalue weighted by molar-refractivity contribution is -0.205. The zero-order chi connectivity index (χ0) is 20.4. The van der Waals surface area contributed by atoms with Crippen molar-refractivity contribution in [2.24, 2.45) is 5.92 Å². The molecule has 3 heterocycles. The lowest BCUT2D eigenvalue weighted by Gasteiger charge is -2.44. The summed E-state index contributed by atoms with van der Waals surface area (Å²) in [7, 11) is 0. The fourth-order valence-corrected chi connectivity index (χ4v) is 4.94. The monoisotopic (exact) mass is 436 g/mol. The summed E-state index contributed by atoms with van der Waals surface area (Å²) >= 11 is 7.53. The molecule has 0 saturated carbocycles. The molecule has 5 N–H and O–H groups in total. The molecule has 0 spiro atoms. The second kappa shape index (κ2) is 9.61. The van der Waals surface area contributed by atoms with E-state index in [2.05, 4.69) is 16.7 Å². The minimum Gasteiger partial charge on any atom is -0.388 e. The van der Waals surface area contributed by atoms with E-state index in [9.17, 15) is 20.1 Å². The van der Waals surface area contributed by atoms with Gasteiger partial charge < -0.3 is 35.4 Å². The topological polar surface area (TPSA) is 120 Å². The van der Waals surface area contributed by atoms with Gasteiger partial charge in [0, 0.05) is 12.5 Å². The number of alkyl halides is 1. The SMILES string of the molecule is CSC1O[C@H]([C@H](NC(=O)[C@H]2NC[C@@H]3CC=CCO[C@@H]32)[C@H](C)Cl)C(O)[C@@H](O)[C@H]1O. The Hall–Kier alpha value is -0.390. The second-order valence-electron chi connectivity index (χ2n) is 7.54. The van der Waals surface area contributed by atoms with Gasteiger partial charge >= 0.3 is 0 Å². The number of ether oxygens (including phenoxy) is 2.